The molecule has 1 aliphatic carbocycles. The second kappa shape index (κ2) is 6.36. The summed E-state index contributed by atoms with van der Waals surface area (Å²) in [6, 6.07) is 3.91. The highest BCUT2D eigenvalue weighted by molar-refractivity contribution is 9.10. The quantitative estimate of drug-likeness (QED) is 0.514. The molecular formula is C15H19Br2ClO. The summed E-state index contributed by atoms with van der Waals surface area (Å²) in [7, 11) is 1.71. The summed E-state index contributed by atoms with van der Waals surface area (Å²) < 4.78 is 6.49. The van der Waals surface area contributed by atoms with Crippen molar-refractivity contribution in [3.8, 4) is 5.75 Å². The maximum Gasteiger partial charge on any atom is 0.137 e. The van der Waals surface area contributed by atoms with Crippen molar-refractivity contribution >= 4 is 43.5 Å². The first-order valence-electron chi connectivity index (χ1n) is 6.71. The standard InChI is InChI=1S/C15H19Br2ClO/c1-3-15(6-4-5-7-15)14(17)11-8-10(18)9-12(16)13(11)19-2/h8-9,14H,3-7H2,1-2H3. The molecule has 0 saturated heterocycles. The van der Waals surface area contributed by atoms with Crippen LogP contribution in [-0.4, -0.2) is 7.11 Å². The lowest BCUT2D eigenvalue weighted by atomic mass is 9.77. The summed E-state index contributed by atoms with van der Waals surface area (Å²) in [6.45, 7) is 2.28. The first-order chi connectivity index (χ1) is 9.04. The van der Waals surface area contributed by atoms with Gasteiger partial charge in [-0.15, -0.1) is 0 Å². The van der Waals surface area contributed by atoms with Crippen molar-refractivity contribution in [2.45, 2.75) is 43.9 Å². The van der Waals surface area contributed by atoms with Crippen LogP contribution in [0.4, 0.5) is 0 Å². The Morgan fingerprint density at radius 3 is 2.53 bits per heavy atom. The van der Waals surface area contributed by atoms with Crippen LogP contribution in [0.5, 0.6) is 5.75 Å². The largest absolute Gasteiger partial charge is 0.495 e. The lowest BCUT2D eigenvalue weighted by Crippen LogP contribution is -2.21. The molecule has 1 saturated carbocycles. The minimum atomic E-state index is 0.289. The van der Waals surface area contributed by atoms with Crippen LogP contribution in [0.3, 0.4) is 0 Å². The molecule has 0 radical (unpaired) electrons. The molecule has 0 aliphatic heterocycles. The number of methoxy groups -OCH3 is 1. The zero-order valence-corrected chi connectivity index (χ0v) is 15.2. The summed E-state index contributed by atoms with van der Waals surface area (Å²) >= 11 is 13.7. The Balaban J connectivity index is 2.45. The average Bonchev–Trinajstić information content (AvgIpc) is 2.87. The molecule has 2 rings (SSSR count). The monoisotopic (exact) mass is 408 g/mol. The highest BCUT2D eigenvalue weighted by Gasteiger charge is 2.40. The molecule has 19 heavy (non-hydrogen) atoms. The van der Waals surface area contributed by atoms with E-state index in [1.54, 1.807) is 7.11 Å². The Morgan fingerprint density at radius 1 is 1.37 bits per heavy atom. The molecule has 1 unspecified atom stereocenters. The van der Waals surface area contributed by atoms with Gasteiger partial charge in [-0.05, 0) is 52.7 Å². The van der Waals surface area contributed by atoms with Crippen LogP contribution in [0, 0.1) is 5.41 Å². The molecule has 1 aromatic rings. The number of hydrogen-bond donors (Lipinski definition) is 0. The molecule has 4 heteroatoms. The number of rotatable bonds is 4. The molecule has 1 atom stereocenters. The summed E-state index contributed by atoms with van der Waals surface area (Å²) in [4.78, 5) is 0.289. The van der Waals surface area contributed by atoms with Crippen molar-refractivity contribution in [3.63, 3.8) is 0 Å². The van der Waals surface area contributed by atoms with E-state index in [4.69, 9.17) is 16.3 Å². The number of alkyl halides is 1. The van der Waals surface area contributed by atoms with Gasteiger partial charge in [0.2, 0.25) is 0 Å². The minimum Gasteiger partial charge on any atom is -0.495 e. The van der Waals surface area contributed by atoms with Crippen molar-refractivity contribution in [1.82, 2.24) is 0 Å². The molecule has 1 aromatic carbocycles. The first kappa shape index (κ1) is 15.7. The zero-order valence-electron chi connectivity index (χ0n) is 11.3. The molecule has 0 N–H and O–H groups in total. The SMILES string of the molecule is CCC1(C(Br)c2cc(Cl)cc(Br)c2OC)CCCC1. The average molecular weight is 411 g/mol. The molecule has 0 amide bonds. The van der Waals surface area contributed by atoms with Gasteiger partial charge < -0.3 is 4.74 Å². The van der Waals surface area contributed by atoms with E-state index in [1.165, 1.54) is 32.1 Å². The van der Waals surface area contributed by atoms with Gasteiger partial charge in [0.1, 0.15) is 5.75 Å². The lowest BCUT2D eigenvalue weighted by molar-refractivity contribution is 0.274. The van der Waals surface area contributed by atoms with E-state index in [0.717, 1.165) is 20.8 Å². The van der Waals surface area contributed by atoms with Crippen LogP contribution in [-0.2, 0) is 0 Å². The highest BCUT2D eigenvalue weighted by atomic mass is 79.9. The minimum absolute atomic E-state index is 0.289. The maximum atomic E-state index is 6.21. The molecule has 0 spiro atoms. The van der Waals surface area contributed by atoms with Gasteiger partial charge in [0.25, 0.3) is 0 Å². The Hall–Kier alpha value is 0.270. The second-order valence-electron chi connectivity index (χ2n) is 5.30. The van der Waals surface area contributed by atoms with Gasteiger partial charge in [-0.25, -0.2) is 0 Å². The molecular weight excluding hydrogens is 391 g/mol. The van der Waals surface area contributed by atoms with Crippen molar-refractivity contribution < 1.29 is 4.74 Å². The predicted molar refractivity (Wildman–Crippen MR) is 88.6 cm³/mol. The van der Waals surface area contributed by atoms with E-state index in [9.17, 15) is 0 Å². The van der Waals surface area contributed by atoms with Crippen LogP contribution in [0.2, 0.25) is 5.02 Å². The molecule has 1 nitrogen and oxygen atoms in total. The van der Waals surface area contributed by atoms with Crippen molar-refractivity contribution in [2.24, 2.45) is 5.41 Å². The van der Waals surface area contributed by atoms with Crippen molar-refractivity contribution in [2.75, 3.05) is 7.11 Å². The summed E-state index contributed by atoms with van der Waals surface area (Å²) in [5.74, 6) is 0.894. The molecule has 1 fully saturated rings. The summed E-state index contributed by atoms with van der Waals surface area (Å²) in [6.07, 6.45) is 6.36. The highest BCUT2D eigenvalue weighted by Crippen LogP contribution is 2.56. The topological polar surface area (TPSA) is 9.23 Å². The maximum absolute atomic E-state index is 6.21. The number of benzene rings is 1. The Morgan fingerprint density at radius 2 is 2.00 bits per heavy atom. The van der Waals surface area contributed by atoms with Gasteiger partial charge in [-0.3, -0.25) is 0 Å². The number of hydrogen-bond acceptors (Lipinski definition) is 1. The lowest BCUT2D eigenvalue weighted by Gasteiger charge is -2.34. The van der Waals surface area contributed by atoms with Crippen LogP contribution in [0.15, 0.2) is 16.6 Å². The Kier molecular flexibility index (Phi) is 5.24. The van der Waals surface area contributed by atoms with E-state index >= 15 is 0 Å². The molecule has 0 aromatic heterocycles. The van der Waals surface area contributed by atoms with Gasteiger partial charge in [0.15, 0.2) is 0 Å². The van der Waals surface area contributed by atoms with E-state index in [1.807, 2.05) is 12.1 Å². The molecule has 0 heterocycles. The summed E-state index contributed by atoms with van der Waals surface area (Å²) in [5, 5.41) is 0.747. The van der Waals surface area contributed by atoms with Gasteiger partial charge in [0, 0.05) is 15.4 Å². The normalized spacial score (nSPS) is 19.4. The van der Waals surface area contributed by atoms with E-state index in [2.05, 4.69) is 38.8 Å². The number of halogens is 3. The Bertz CT molecular complexity index is 456. The third-order valence-electron chi connectivity index (χ3n) is 4.36. The van der Waals surface area contributed by atoms with Crippen molar-refractivity contribution in [1.29, 1.82) is 0 Å². The smallest absolute Gasteiger partial charge is 0.137 e. The fraction of sp³-hybridized carbons (Fsp3) is 0.600. The van der Waals surface area contributed by atoms with E-state index < -0.39 is 0 Å². The van der Waals surface area contributed by atoms with Crippen LogP contribution in [0.25, 0.3) is 0 Å². The van der Waals surface area contributed by atoms with Crippen LogP contribution in [0.1, 0.15) is 49.4 Å². The summed E-state index contributed by atoms with van der Waals surface area (Å²) in [5.41, 5.74) is 1.49. The third kappa shape index (κ3) is 2.98. The molecule has 0 bridgehead atoms. The first-order valence-corrected chi connectivity index (χ1v) is 8.80. The van der Waals surface area contributed by atoms with E-state index in [0.29, 0.717) is 5.41 Å². The van der Waals surface area contributed by atoms with Gasteiger partial charge in [-0.2, -0.15) is 0 Å². The predicted octanol–water partition coefficient (Wildman–Crippen LogP) is 6.52. The number of ether oxygens (including phenoxy) is 1. The third-order valence-corrected chi connectivity index (χ3v) is 6.63. The fourth-order valence-electron chi connectivity index (χ4n) is 3.18. The van der Waals surface area contributed by atoms with Crippen molar-refractivity contribution in [3.05, 3.63) is 27.2 Å². The fourth-order valence-corrected chi connectivity index (χ4v) is 5.30. The van der Waals surface area contributed by atoms with Gasteiger partial charge >= 0.3 is 0 Å². The zero-order chi connectivity index (χ0) is 14.0. The van der Waals surface area contributed by atoms with Gasteiger partial charge in [0.05, 0.1) is 11.6 Å². The molecule has 1 aliphatic rings. The van der Waals surface area contributed by atoms with E-state index in [-0.39, 0.29) is 4.83 Å². The molecule has 106 valence electrons. The van der Waals surface area contributed by atoms with Crippen LogP contribution < -0.4 is 4.74 Å². The Labute approximate surface area is 137 Å². The second-order valence-corrected chi connectivity index (χ2v) is 7.50. The van der Waals surface area contributed by atoms with Gasteiger partial charge in [-0.1, -0.05) is 47.3 Å². The van der Waals surface area contributed by atoms with Crippen LogP contribution >= 0.6 is 43.5 Å².